The maximum Gasteiger partial charge on any atom is 0.191 e. The Morgan fingerprint density at radius 3 is 2.79 bits per heavy atom. The number of pyridine rings is 1. The van der Waals surface area contributed by atoms with Gasteiger partial charge in [0.05, 0.1) is 18.4 Å². The van der Waals surface area contributed by atoms with Gasteiger partial charge in [0.15, 0.2) is 11.0 Å². The molecule has 0 aliphatic rings. The highest BCUT2D eigenvalue weighted by Crippen LogP contribution is 2.35. The molecule has 0 unspecified atom stereocenters. The average molecular weight is 474 g/mol. The van der Waals surface area contributed by atoms with E-state index in [0.717, 1.165) is 48.8 Å². The van der Waals surface area contributed by atoms with E-state index in [0.29, 0.717) is 0 Å². The normalized spacial score (nSPS) is 11.0. The lowest BCUT2D eigenvalue weighted by Crippen LogP contribution is -1.95. The van der Waals surface area contributed by atoms with Gasteiger partial charge in [0.1, 0.15) is 10.8 Å². The molecular weight excluding hydrogens is 458 g/mol. The summed E-state index contributed by atoms with van der Waals surface area (Å²) < 4.78 is 8.46. The Labute approximate surface area is 179 Å². The third-order valence-electron chi connectivity index (χ3n) is 4.07. The molecule has 0 atom stereocenters. The molecule has 3 heterocycles. The number of aromatic nitrogens is 5. The van der Waals surface area contributed by atoms with Gasteiger partial charge >= 0.3 is 0 Å². The number of hydrogen-bond acceptors (Lipinski definition) is 7. The summed E-state index contributed by atoms with van der Waals surface area (Å²) in [7, 11) is 3.64. The Hall–Kier alpha value is -2.23. The summed E-state index contributed by atoms with van der Waals surface area (Å²) in [6.45, 7) is 0. The second-order valence-electron chi connectivity index (χ2n) is 5.88. The van der Waals surface area contributed by atoms with Crippen LogP contribution in [0, 0.1) is 0 Å². The first-order chi connectivity index (χ1) is 13.7. The number of hydrogen-bond donors (Lipinski definition) is 0. The van der Waals surface area contributed by atoms with Crippen molar-refractivity contribution in [1.29, 1.82) is 0 Å². The van der Waals surface area contributed by atoms with Crippen molar-refractivity contribution in [3.63, 3.8) is 0 Å². The van der Waals surface area contributed by atoms with Gasteiger partial charge in [0.25, 0.3) is 0 Å². The molecule has 0 spiro atoms. The smallest absolute Gasteiger partial charge is 0.191 e. The summed E-state index contributed by atoms with van der Waals surface area (Å²) in [5.74, 6) is 2.35. The van der Waals surface area contributed by atoms with Gasteiger partial charge in [-0.3, -0.25) is 4.98 Å². The van der Waals surface area contributed by atoms with Crippen molar-refractivity contribution in [2.45, 2.75) is 10.9 Å². The Morgan fingerprint density at radius 1 is 1.18 bits per heavy atom. The van der Waals surface area contributed by atoms with Crippen molar-refractivity contribution < 1.29 is 4.74 Å². The van der Waals surface area contributed by atoms with Crippen LogP contribution in [-0.4, -0.2) is 31.8 Å². The molecule has 4 aromatic rings. The Kier molecular flexibility index (Phi) is 5.74. The molecule has 0 fully saturated rings. The van der Waals surface area contributed by atoms with Crippen LogP contribution in [-0.2, 0) is 12.8 Å². The fourth-order valence-electron chi connectivity index (χ4n) is 2.68. The predicted molar refractivity (Wildman–Crippen MR) is 116 cm³/mol. The Bertz CT molecular complexity index is 1100. The molecule has 0 aliphatic heterocycles. The average Bonchev–Trinajstić information content (AvgIpc) is 3.34. The quantitative estimate of drug-likeness (QED) is 0.364. The zero-order chi connectivity index (χ0) is 19.5. The lowest BCUT2D eigenvalue weighted by molar-refractivity contribution is 0.416. The van der Waals surface area contributed by atoms with Crippen LogP contribution in [0.15, 0.2) is 57.7 Å². The highest BCUT2D eigenvalue weighted by atomic mass is 79.9. The van der Waals surface area contributed by atoms with Crippen LogP contribution in [0.2, 0.25) is 0 Å². The summed E-state index contributed by atoms with van der Waals surface area (Å²) in [6, 6.07) is 9.78. The molecule has 142 valence electrons. The molecule has 6 nitrogen and oxygen atoms in total. The number of ether oxygens (including phenoxy) is 1. The number of benzene rings is 1. The molecule has 1 aromatic carbocycles. The monoisotopic (exact) mass is 473 g/mol. The first-order valence-corrected chi connectivity index (χ1v) is 11.0. The van der Waals surface area contributed by atoms with Crippen molar-refractivity contribution in [2.24, 2.45) is 7.05 Å². The second-order valence-corrected chi connectivity index (χ2v) is 8.59. The highest BCUT2D eigenvalue weighted by molar-refractivity contribution is 9.10. The van der Waals surface area contributed by atoms with E-state index >= 15 is 0 Å². The lowest BCUT2D eigenvalue weighted by atomic mass is 10.2. The van der Waals surface area contributed by atoms with Crippen molar-refractivity contribution in [3.8, 4) is 27.7 Å². The molecule has 0 radical (unpaired) electrons. The summed E-state index contributed by atoms with van der Waals surface area (Å²) in [4.78, 5) is 8.82. The zero-order valence-corrected chi connectivity index (χ0v) is 18.4. The summed E-state index contributed by atoms with van der Waals surface area (Å²) >= 11 is 6.74. The maximum absolute atomic E-state index is 5.47. The Morgan fingerprint density at radius 2 is 2.00 bits per heavy atom. The van der Waals surface area contributed by atoms with Crippen LogP contribution in [0.3, 0.4) is 0 Å². The van der Waals surface area contributed by atoms with E-state index in [1.165, 1.54) is 0 Å². The topological polar surface area (TPSA) is 65.7 Å². The molecular formula is C19H16BrN5OS2. The van der Waals surface area contributed by atoms with Crippen LogP contribution in [0.25, 0.3) is 22.0 Å². The van der Waals surface area contributed by atoms with Gasteiger partial charge in [0.2, 0.25) is 0 Å². The molecule has 0 saturated carbocycles. The minimum absolute atomic E-state index is 0.717. The van der Waals surface area contributed by atoms with E-state index in [1.807, 2.05) is 41.9 Å². The van der Waals surface area contributed by atoms with Gasteiger partial charge in [-0.1, -0.05) is 27.7 Å². The molecule has 0 amide bonds. The van der Waals surface area contributed by atoms with Crippen LogP contribution < -0.4 is 4.74 Å². The second kappa shape index (κ2) is 8.42. The molecule has 4 rings (SSSR count). The fourth-order valence-corrected chi connectivity index (χ4v) is 4.79. The van der Waals surface area contributed by atoms with Gasteiger partial charge in [-0.25, -0.2) is 4.98 Å². The molecule has 3 aromatic heterocycles. The number of thiazole rings is 1. The molecule has 9 heteroatoms. The first-order valence-electron chi connectivity index (χ1n) is 8.36. The van der Waals surface area contributed by atoms with Crippen LogP contribution in [0.1, 0.15) is 5.69 Å². The maximum atomic E-state index is 5.47. The van der Waals surface area contributed by atoms with Gasteiger partial charge in [-0.15, -0.1) is 21.5 Å². The lowest BCUT2D eigenvalue weighted by Gasteiger charge is -2.06. The third kappa shape index (κ3) is 3.96. The van der Waals surface area contributed by atoms with E-state index < -0.39 is 0 Å². The summed E-state index contributed by atoms with van der Waals surface area (Å²) in [6.07, 6.45) is 3.51. The van der Waals surface area contributed by atoms with Crippen LogP contribution in [0.5, 0.6) is 5.75 Å². The number of thioether (sulfide) groups is 1. The molecule has 0 N–H and O–H groups in total. The number of halogens is 1. The standard InChI is InChI=1S/C19H16BrN5OS2/c1-25-17(12-5-7-21-8-6-12)23-24-19(25)28-11-14-10-27-18(22-14)15-9-13(20)3-4-16(15)26-2/h3-10H,11H2,1-2H3. The molecule has 0 saturated heterocycles. The minimum Gasteiger partial charge on any atom is -0.496 e. The van der Waals surface area contributed by atoms with E-state index in [-0.39, 0.29) is 0 Å². The van der Waals surface area contributed by atoms with E-state index in [9.17, 15) is 0 Å². The van der Waals surface area contributed by atoms with Gasteiger partial charge in [-0.2, -0.15) is 0 Å². The number of nitrogens with zero attached hydrogens (tertiary/aromatic N) is 5. The third-order valence-corrected chi connectivity index (χ3v) is 6.54. The molecule has 0 bridgehead atoms. The largest absolute Gasteiger partial charge is 0.496 e. The van der Waals surface area contributed by atoms with E-state index in [2.05, 4.69) is 36.5 Å². The Balaban J connectivity index is 1.50. The van der Waals surface area contributed by atoms with E-state index in [4.69, 9.17) is 9.72 Å². The fraction of sp³-hybridized carbons (Fsp3) is 0.158. The van der Waals surface area contributed by atoms with Crippen molar-refractivity contribution >= 4 is 39.0 Å². The van der Waals surface area contributed by atoms with Gasteiger partial charge in [-0.05, 0) is 30.3 Å². The van der Waals surface area contributed by atoms with Crippen molar-refractivity contribution in [2.75, 3.05) is 7.11 Å². The van der Waals surface area contributed by atoms with Crippen molar-refractivity contribution in [3.05, 3.63) is 58.3 Å². The van der Waals surface area contributed by atoms with Crippen LogP contribution in [0.4, 0.5) is 0 Å². The first kappa shape index (κ1) is 19.1. The molecule has 28 heavy (non-hydrogen) atoms. The minimum atomic E-state index is 0.717. The van der Waals surface area contributed by atoms with E-state index in [1.54, 1.807) is 42.6 Å². The zero-order valence-electron chi connectivity index (χ0n) is 15.2. The molecule has 0 aliphatic carbocycles. The number of rotatable bonds is 6. The summed E-state index contributed by atoms with van der Waals surface area (Å²) in [5.41, 5.74) is 2.98. The predicted octanol–water partition coefficient (Wildman–Crippen LogP) is 5.06. The van der Waals surface area contributed by atoms with Crippen molar-refractivity contribution in [1.82, 2.24) is 24.7 Å². The van der Waals surface area contributed by atoms with Crippen LogP contribution >= 0.6 is 39.0 Å². The van der Waals surface area contributed by atoms with Gasteiger partial charge < -0.3 is 9.30 Å². The highest BCUT2D eigenvalue weighted by Gasteiger charge is 2.14. The summed E-state index contributed by atoms with van der Waals surface area (Å²) in [5, 5.41) is 12.5. The SMILES string of the molecule is COc1ccc(Br)cc1-c1nc(CSc2nnc(-c3ccncc3)n2C)cs1. The number of methoxy groups -OCH3 is 1. The van der Waals surface area contributed by atoms with Gasteiger partial charge in [0, 0.05) is 40.6 Å².